The molecule has 3 aliphatic heterocycles. The summed E-state index contributed by atoms with van der Waals surface area (Å²) in [7, 11) is 0. The molecule has 2 atom stereocenters. The van der Waals surface area contributed by atoms with Crippen LogP contribution in [0.25, 0.3) is 0 Å². The summed E-state index contributed by atoms with van der Waals surface area (Å²) in [5.41, 5.74) is -2.52. The van der Waals surface area contributed by atoms with E-state index < -0.39 is 72.7 Å². The molecule has 0 aromatic rings. The van der Waals surface area contributed by atoms with E-state index in [-0.39, 0.29) is 5.01 Å². The fourth-order valence-electron chi connectivity index (χ4n) is 3.16. The predicted octanol–water partition coefficient (Wildman–Crippen LogP) is 2.19. The number of amides is 2. The van der Waals surface area contributed by atoms with E-state index in [1.807, 2.05) is 5.32 Å². The Morgan fingerprint density at radius 3 is 2.32 bits per heavy atom. The van der Waals surface area contributed by atoms with Gasteiger partial charge in [-0.05, 0) is 0 Å². The smallest absolute Gasteiger partial charge is 0.343 e. The molecule has 3 rings (SSSR count). The first-order valence-electron chi connectivity index (χ1n) is 8.36. The Balaban J connectivity index is 1.92. The molecule has 7 nitrogen and oxygen atoms in total. The lowest BCUT2D eigenvalue weighted by atomic mass is 9.94. The molecule has 0 radical (unpaired) electrons. The van der Waals surface area contributed by atoms with Gasteiger partial charge in [0.15, 0.2) is 6.29 Å². The van der Waals surface area contributed by atoms with Crippen molar-refractivity contribution >= 4 is 29.6 Å². The fraction of sp³-hybridized carbons (Fsp3) is 0.533. The van der Waals surface area contributed by atoms with E-state index in [0.29, 0.717) is 6.21 Å². The highest BCUT2D eigenvalue weighted by atomic mass is 35.5. The molecule has 16 heteroatoms. The van der Waals surface area contributed by atoms with Gasteiger partial charge < -0.3 is 5.32 Å². The quantitative estimate of drug-likeness (QED) is 0.380. The van der Waals surface area contributed by atoms with Crippen LogP contribution in [0.3, 0.4) is 0 Å². The number of hydrazone groups is 1. The number of hydrogen-bond acceptors (Lipinski definition) is 5. The Morgan fingerprint density at radius 1 is 1.13 bits per heavy atom. The van der Waals surface area contributed by atoms with Gasteiger partial charge in [-0.2, -0.15) is 40.2 Å². The number of nitrogens with one attached hydrogen (secondary N) is 1. The standard InChI is InChI=1S/C15H12ClF8N5O2/c16-6-29-8(30)1-2-28-11(31)9(10(14(19,20)21)26-12(28)29)7-3-25-27(4-7)5-13(17,18)15(22,23)24/h1-3,7,12,26H,4-6H2. The molecule has 3 heterocycles. The Labute approximate surface area is 173 Å². The predicted molar refractivity (Wildman–Crippen MR) is 88.1 cm³/mol. The molecule has 0 aromatic heterocycles. The Bertz CT molecular complexity index is 868. The Kier molecular flexibility index (Phi) is 5.61. The molecule has 0 saturated heterocycles. The molecule has 2 unspecified atom stereocenters. The molecule has 0 fully saturated rings. The van der Waals surface area contributed by atoms with Gasteiger partial charge in [-0.3, -0.25) is 24.4 Å². The van der Waals surface area contributed by atoms with Crippen LogP contribution in [0.1, 0.15) is 0 Å². The second kappa shape index (κ2) is 7.53. The molecule has 1 N–H and O–H groups in total. The highest BCUT2D eigenvalue weighted by molar-refractivity contribution is 6.19. The maximum atomic E-state index is 13.7. The molecular formula is C15H12ClF8N5O2. The zero-order valence-electron chi connectivity index (χ0n) is 15.0. The number of carbonyl (C=O) groups excluding carboxylic acids is 2. The minimum atomic E-state index is -5.89. The van der Waals surface area contributed by atoms with E-state index in [4.69, 9.17) is 11.6 Å². The first-order chi connectivity index (χ1) is 14.2. The van der Waals surface area contributed by atoms with Gasteiger partial charge in [0.25, 0.3) is 11.8 Å². The maximum absolute atomic E-state index is 13.7. The summed E-state index contributed by atoms with van der Waals surface area (Å²) in [5, 5.41) is 5.54. The zero-order chi connectivity index (χ0) is 23.4. The first kappa shape index (κ1) is 23.1. The van der Waals surface area contributed by atoms with Gasteiger partial charge >= 0.3 is 18.3 Å². The van der Waals surface area contributed by atoms with Crippen molar-refractivity contribution < 1.29 is 44.7 Å². The van der Waals surface area contributed by atoms with Crippen molar-refractivity contribution in [2.75, 3.05) is 19.1 Å². The molecule has 2 amide bonds. The number of halogens is 9. The summed E-state index contributed by atoms with van der Waals surface area (Å²) < 4.78 is 105. The first-order valence-corrected chi connectivity index (χ1v) is 8.90. The molecule has 0 aliphatic carbocycles. The van der Waals surface area contributed by atoms with E-state index in [9.17, 15) is 44.7 Å². The molecule has 0 aromatic carbocycles. The van der Waals surface area contributed by atoms with E-state index in [0.717, 1.165) is 22.1 Å². The molecule has 0 bridgehead atoms. The van der Waals surface area contributed by atoms with Crippen LogP contribution in [0.4, 0.5) is 35.1 Å². The zero-order valence-corrected chi connectivity index (χ0v) is 15.8. The van der Waals surface area contributed by atoms with Crippen LogP contribution in [-0.2, 0) is 9.59 Å². The average Bonchev–Trinajstić information content (AvgIpc) is 3.06. The summed E-state index contributed by atoms with van der Waals surface area (Å²) in [6, 6.07) is -0.559. The molecule has 0 spiro atoms. The number of hydrogen-bond donors (Lipinski definition) is 1. The minimum absolute atomic E-state index is 0.235. The third-order valence-corrected chi connectivity index (χ3v) is 4.88. The number of fused-ring (bicyclic) bond motifs is 1. The van der Waals surface area contributed by atoms with E-state index in [2.05, 4.69) is 5.10 Å². The lowest BCUT2D eigenvalue weighted by Gasteiger charge is -2.44. The topological polar surface area (TPSA) is 68.2 Å². The van der Waals surface area contributed by atoms with Crippen molar-refractivity contribution in [2.24, 2.45) is 11.0 Å². The second-order valence-electron chi connectivity index (χ2n) is 6.68. The molecule has 3 aliphatic rings. The summed E-state index contributed by atoms with van der Waals surface area (Å²) in [6.45, 7) is -2.76. The SMILES string of the molecule is O=C1C(C2C=NN(CC(F)(F)C(F)(F)F)C2)=C(C(F)(F)F)NC2N1C=CC(=O)N2CCl. The van der Waals surface area contributed by atoms with Crippen LogP contribution in [0.5, 0.6) is 0 Å². The normalized spacial score (nSPS) is 24.9. The van der Waals surface area contributed by atoms with Crippen molar-refractivity contribution in [3.05, 3.63) is 23.5 Å². The van der Waals surface area contributed by atoms with E-state index in [1.165, 1.54) is 0 Å². The highest BCUT2D eigenvalue weighted by Gasteiger charge is 2.59. The summed E-state index contributed by atoms with van der Waals surface area (Å²) in [4.78, 5) is 26.1. The van der Waals surface area contributed by atoms with Gasteiger partial charge in [0.2, 0.25) is 0 Å². The van der Waals surface area contributed by atoms with Gasteiger partial charge in [-0.1, -0.05) is 0 Å². The van der Waals surface area contributed by atoms with Crippen molar-refractivity contribution in [1.29, 1.82) is 0 Å². The van der Waals surface area contributed by atoms with Crippen molar-refractivity contribution in [1.82, 2.24) is 20.1 Å². The molecule has 172 valence electrons. The van der Waals surface area contributed by atoms with Crippen LogP contribution in [-0.4, -0.2) is 76.5 Å². The number of carbonyl (C=O) groups is 2. The Morgan fingerprint density at radius 2 is 1.77 bits per heavy atom. The lowest BCUT2D eigenvalue weighted by molar-refractivity contribution is -0.286. The number of nitrogens with zero attached hydrogens (tertiary/aromatic N) is 4. The molecule has 31 heavy (non-hydrogen) atoms. The fourth-order valence-corrected chi connectivity index (χ4v) is 3.41. The number of allylic oxidation sites excluding steroid dienone is 1. The van der Waals surface area contributed by atoms with Crippen molar-refractivity contribution in [3.8, 4) is 0 Å². The van der Waals surface area contributed by atoms with Gasteiger partial charge in [0, 0.05) is 31.0 Å². The molecule has 0 saturated carbocycles. The van der Waals surface area contributed by atoms with Gasteiger partial charge in [-0.15, -0.1) is 11.6 Å². The summed E-state index contributed by atoms with van der Waals surface area (Å²) in [6.07, 6.45) is -10.1. The summed E-state index contributed by atoms with van der Waals surface area (Å²) in [5.74, 6) is -8.73. The van der Waals surface area contributed by atoms with Gasteiger partial charge in [0.05, 0.1) is 11.6 Å². The number of rotatable bonds is 4. The van der Waals surface area contributed by atoms with Gasteiger partial charge in [0.1, 0.15) is 12.2 Å². The van der Waals surface area contributed by atoms with Crippen LogP contribution in [0, 0.1) is 5.92 Å². The third kappa shape index (κ3) is 4.14. The Hall–Kier alpha value is -2.58. The highest BCUT2D eigenvalue weighted by Crippen LogP contribution is 2.39. The monoisotopic (exact) mass is 481 g/mol. The average molecular weight is 482 g/mol. The van der Waals surface area contributed by atoms with Crippen LogP contribution >= 0.6 is 11.6 Å². The largest absolute Gasteiger partial charge is 0.455 e. The lowest BCUT2D eigenvalue weighted by Crippen LogP contribution is -2.64. The maximum Gasteiger partial charge on any atom is 0.455 e. The van der Waals surface area contributed by atoms with Crippen LogP contribution in [0.2, 0.25) is 0 Å². The summed E-state index contributed by atoms with van der Waals surface area (Å²) >= 11 is 5.59. The molecular weight excluding hydrogens is 470 g/mol. The van der Waals surface area contributed by atoms with Crippen molar-refractivity contribution in [2.45, 2.75) is 24.6 Å². The van der Waals surface area contributed by atoms with Crippen LogP contribution < -0.4 is 5.32 Å². The second-order valence-corrected chi connectivity index (χ2v) is 6.92. The number of alkyl halides is 9. The van der Waals surface area contributed by atoms with Crippen molar-refractivity contribution in [3.63, 3.8) is 0 Å². The third-order valence-electron chi connectivity index (χ3n) is 4.62. The van der Waals surface area contributed by atoms with Crippen LogP contribution in [0.15, 0.2) is 28.6 Å². The van der Waals surface area contributed by atoms with Gasteiger partial charge in [-0.25, -0.2) is 0 Å². The van der Waals surface area contributed by atoms with E-state index in [1.54, 1.807) is 0 Å². The minimum Gasteiger partial charge on any atom is -0.343 e. The van der Waals surface area contributed by atoms with E-state index >= 15 is 0 Å².